The van der Waals surface area contributed by atoms with Crippen LogP contribution < -0.4 is 5.32 Å². The minimum absolute atomic E-state index is 0.128. The molecule has 1 N–H and O–H groups in total. The summed E-state index contributed by atoms with van der Waals surface area (Å²) < 4.78 is 25.6. The number of aromatic nitrogens is 2. The Morgan fingerprint density at radius 2 is 2.28 bits per heavy atom. The average Bonchev–Trinajstić information content (AvgIpc) is 2.89. The predicted molar refractivity (Wildman–Crippen MR) is 69.7 cm³/mol. The van der Waals surface area contributed by atoms with E-state index in [0.29, 0.717) is 12.4 Å². The normalized spacial score (nSPS) is 21.1. The molecule has 7 heteroatoms. The van der Waals surface area contributed by atoms with Gasteiger partial charge in [0.15, 0.2) is 0 Å². The van der Waals surface area contributed by atoms with Crippen LogP contribution in [0.5, 0.6) is 0 Å². The number of hydrogen-bond acceptors (Lipinski definition) is 5. The lowest BCUT2D eigenvalue weighted by Crippen LogP contribution is -2.32. The molecule has 0 radical (unpaired) electrons. The van der Waals surface area contributed by atoms with Crippen LogP contribution in [0.25, 0.3) is 0 Å². The van der Waals surface area contributed by atoms with Crippen LogP contribution >= 0.6 is 0 Å². The maximum absolute atomic E-state index is 12.0. The molecule has 1 aliphatic heterocycles. The molecule has 1 saturated heterocycles. The van der Waals surface area contributed by atoms with E-state index in [9.17, 15) is 8.42 Å². The Hall–Kier alpha value is -1.21. The number of nitrogens with zero attached hydrogens (tertiary/aromatic N) is 3. The summed E-state index contributed by atoms with van der Waals surface area (Å²) in [5, 5.41) is 2.92. The maximum atomic E-state index is 12.0. The zero-order chi connectivity index (χ0) is 13.2. The first-order chi connectivity index (χ1) is 8.58. The summed E-state index contributed by atoms with van der Waals surface area (Å²) in [5.74, 6) is 0.788. The maximum Gasteiger partial charge on any atom is 0.214 e. The van der Waals surface area contributed by atoms with Gasteiger partial charge in [-0.05, 0) is 19.8 Å². The van der Waals surface area contributed by atoms with Gasteiger partial charge >= 0.3 is 0 Å². The van der Waals surface area contributed by atoms with Gasteiger partial charge in [-0.15, -0.1) is 0 Å². The van der Waals surface area contributed by atoms with Gasteiger partial charge in [0, 0.05) is 13.6 Å². The second kappa shape index (κ2) is 5.19. The van der Waals surface area contributed by atoms with Crippen LogP contribution in [0.2, 0.25) is 0 Å². The van der Waals surface area contributed by atoms with E-state index in [1.165, 1.54) is 0 Å². The molecule has 1 atom stereocenters. The Balaban J connectivity index is 2.31. The minimum atomic E-state index is -3.17. The third-order valence-corrected chi connectivity index (χ3v) is 5.06. The van der Waals surface area contributed by atoms with Crippen LogP contribution in [0.4, 0.5) is 5.82 Å². The van der Waals surface area contributed by atoms with Gasteiger partial charge in [-0.3, -0.25) is 4.98 Å². The van der Waals surface area contributed by atoms with E-state index in [0.717, 1.165) is 18.5 Å². The second-order valence-corrected chi connectivity index (χ2v) is 6.46. The van der Waals surface area contributed by atoms with Crippen molar-refractivity contribution in [3.05, 3.63) is 18.1 Å². The molecule has 2 rings (SSSR count). The second-order valence-electron chi connectivity index (χ2n) is 4.25. The monoisotopic (exact) mass is 270 g/mol. The van der Waals surface area contributed by atoms with Crippen LogP contribution in [0.3, 0.4) is 0 Å². The zero-order valence-corrected chi connectivity index (χ0v) is 11.4. The van der Waals surface area contributed by atoms with Gasteiger partial charge in [0.2, 0.25) is 10.0 Å². The van der Waals surface area contributed by atoms with E-state index >= 15 is 0 Å². The van der Waals surface area contributed by atoms with Crippen molar-refractivity contribution in [2.24, 2.45) is 0 Å². The van der Waals surface area contributed by atoms with E-state index in [-0.39, 0.29) is 11.8 Å². The summed E-state index contributed by atoms with van der Waals surface area (Å²) in [6.07, 6.45) is 4.95. The highest BCUT2D eigenvalue weighted by atomic mass is 32.2. The topological polar surface area (TPSA) is 75.2 Å². The van der Waals surface area contributed by atoms with Crippen molar-refractivity contribution in [1.29, 1.82) is 0 Å². The van der Waals surface area contributed by atoms with Crippen molar-refractivity contribution in [1.82, 2.24) is 14.3 Å². The molecule has 18 heavy (non-hydrogen) atoms. The van der Waals surface area contributed by atoms with E-state index < -0.39 is 10.0 Å². The van der Waals surface area contributed by atoms with Gasteiger partial charge in [0.05, 0.1) is 29.9 Å². The molecule has 0 unspecified atom stereocenters. The van der Waals surface area contributed by atoms with Crippen molar-refractivity contribution in [3.63, 3.8) is 0 Å². The molecule has 0 saturated carbocycles. The summed E-state index contributed by atoms with van der Waals surface area (Å²) in [5.41, 5.74) is 0.719. The highest BCUT2D eigenvalue weighted by Crippen LogP contribution is 2.33. The largest absolute Gasteiger partial charge is 0.372 e. The molecule has 0 amide bonds. The van der Waals surface area contributed by atoms with Gasteiger partial charge in [-0.25, -0.2) is 13.4 Å². The van der Waals surface area contributed by atoms with Crippen LogP contribution in [-0.2, 0) is 10.0 Å². The number of rotatable bonds is 4. The van der Waals surface area contributed by atoms with Gasteiger partial charge in [-0.2, -0.15) is 4.31 Å². The van der Waals surface area contributed by atoms with Crippen molar-refractivity contribution in [2.45, 2.75) is 25.8 Å². The molecule has 0 bridgehead atoms. The molecule has 1 fully saturated rings. The molecular weight excluding hydrogens is 252 g/mol. The van der Waals surface area contributed by atoms with Gasteiger partial charge < -0.3 is 5.32 Å². The van der Waals surface area contributed by atoms with Crippen LogP contribution in [0, 0.1) is 0 Å². The quantitative estimate of drug-likeness (QED) is 0.883. The zero-order valence-electron chi connectivity index (χ0n) is 10.6. The number of anilines is 1. The SMILES string of the molecule is CCS(=O)(=O)N1CCC[C@@H]1c1cncc(NC)n1. The first kappa shape index (κ1) is 13.2. The van der Waals surface area contributed by atoms with Crippen molar-refractivity contribution in [2.75, 3.05) is 24.7 Å². The Morgan fingerprint density at radius 1 is 1.50 bits per heavy atom. The van der Waals surface area contributed by atoms with Gasteiger partial charge in [0.25, 0.3) is 0 Å². The number of sulfonamides is 1. The van der Waals surface area contributed by atoms with Crippen LogP contribution in [-0.4, -0.2) is 42.0 Å². The molecule has 2 heterocycles. The Kier molecular flexibility index (Phi) is 3.82. The minimum Gasteiger partial charge on any atom is -0.372 e. The highest BCUT2D eigenvalue weighted by molar-refractivity contribution is 7.89. The van der Waals surface area contributed by atoms with Crippen molar-refractivity contribution in [3.8, 4) is 0 Å². The third-order valence-electron chi connectivity index (χ3n) is 3.18. The van der Waals surface area contributed by atoms with Crippen molar-refractivity contribution < 1.29 is 8.42 Å². The third kappa shape index (κ3) is 2.46. The molecule has 6 nitrogen and oxygen atoms in total. The fourth-order valence-electron chi connectivity index (χ4n) is 2.20. The molecule has 0 aromatic carbocycles. The van der Waals surface area contributed by atoms with E-state index in [2.05, 4.69) is 15.3 Å². The fourth-order valence-corrected chi connectivity index (χ4v) is 3.54. The molecule has 100 valence electrons. The lowest BCUT2D eigenvalue weighted by molar-refractivity contribution is 0.390. The summed E-state index contributed by atoms with van der Waals surface area (Å²) in [6, 6.07) is -0.171. The van der Waals surface area contributed by atoms with E-state index in [1.807, 2.05) is 0 Å². The first-order valence-corrected chi connectivity index (χ1v) is 7.68. The summed E-state index contributed by atoms with van der Waals surface area (Å²) in [7, 11) is -1.40. The molecule has 0 spiro atoms. The average molecular weight is 270 g/mol. The van der Waals surface area contributed by atoms with Crippen LogP contribution in [0.15, 0.2) is 12.4 Å². The molecular formula is C11H18N4O2S. The highest BCUT2D eigenvalue weighted by Gasteiger charge is 2.35. The van der Waals surface area contributed by atoms with Gasteiger partial charge in [-0.1, -0.05) is 0 Å². The summed E-state index contributed by atoms with van der Waals surface area (Å²) in [6.45, 7) is 2.24. The first-order valence-electron chi connectivity index (χ1n) is 6.07. The fraction of sp³-hybridized carbons (Fsp3) is 0.636. The Bertz CT molecular complexity index is 518. The van der Waals surface area contributed by atoms with E-state index in [4.69, 9.17) is 0 Å². The standard InChI is InChI=1S/C11H18N4O2S/c1-3-18(16,17)15-6-4-5-10(15)9-7-13-8-11(12-2)14-9/h7-8,10H,3-6H2,1-2H3,(H,12,14)/t10-/m1/s1. The van der Waals surface area contributed by atoms with Crippen LogP contribution in [0.1, 0.15) is 31.5 Å². The van der Waals surface area contributed by atoms with Gasteiger partial charge in [0.1, 0.15) is 5.82 Å². The lowest BCUT2D eigenvalue weighted by atomic mass is 10.2. The smallest absolute Gasteiger partial charge is 0.214 e. The molecule has 1 aromatic heterocycles. The number of nitrogens with one attached hydrogen (secondary N) is 1. The number of hydrogen-bond donors (Lipinski definition) is 1. The van der Waals surface area contributed by atoms with E-state index in [1.54, 1.807) is 30.7 Å². The summed E-state index contributed by atoms with van der Waals surface area (Å²) >= 11 is 0. The predicted octanol–water partition coefficient (Wildman–Crippen LogP) is 1.00. The summed E-state index contributed by atoms with van der Waals surface area (Å²) in [4.78, 5) is 8.49. The molecule has 1 aliphatic rings. The lowest BCUT2D eigenvalue weighted by Gasteiger charge is -2.22. The Labute approximate surface area is 107 Å². The molecule has 0 aliphatic carbocycles. The van der Waals surface area contributed by atoms with Crippen molar-refractivity contribution >= 4 is 15.8 Å². The molecule has 1 aromatic rings. The Morgan fingerprint density at radius 3 is 2.94 bits per heavy atom.